The summed E-state index contributed by atoms with van der Waals surface area (Å²) >= 11 is 0. The van der Waals surface area contributed by atoms with Crippen LogP contribution in [0.2, 0.25) is 0 Å². The van der Waals surface area contributed by atoms with Gasteiger partial charge >= 0.3 is 6.09 Å². The maximum absolute atomic E-state index is 14.6. The molecule has 32 heavy (non-hydrogen) atoms. The van der Waals surface area contributed by atoms with E-state index in [0.29, 0.717) is 25.9 Å². The average Bonchev–Trinajstić information content (AvgIpc) is 2.97. The number of benzene rings is 1. The third-order valence-corrected chi connectivity index (χ3v) is 4.95. The topological polar surface area (TPSA) is 108 Å². The van der Waals surface area contributed by atoms with Crippen molar-refractivity contribution in [3.8, 4) is 5.75 Å². The van der Waals surface area contributed by atoms with Crippen LogP contribution in [0.5, 0.6) is 5.75 Å². The molecule has 2 heterocycles. The lowest BCUT2D eigenvalue weighted by Gasteiger charge is -2.33. The monoisotopic (exact) mass is 449 g/mol. The fourth-order valence-electron chi connectivity index (χ4n) is 3.43. The van der Waals surface area contributed by atoms with E-state index in [2.05, 4.69) is 5.32 Å². The number of amides is 3. The Labute approximate surface area is 185 Å². The first-order chi connectivity index (χ1) is 15.1. The lowest BCUT2D eigenvalue weighted by molar-refractivity contribution is -0.137. The molecule has 3 amide bonds. The van der Waals surface area contributed by atoms with Gasteiger partial charge in [0.25, 0.3) is 11.8 Å². The Morgan fingerprint density at radius 2 is 1.94 bits per heavy atom. The van der Waals surface area contributed by atoms with Crippen LogP contribution in [-0.4, -0.2) is 70.8 Å². The summed E-state index contributed by atoms with van der Waals surface area (Å²) in [5.74, 6) is -1.84. The number of ether oxygens (including phenoxy) is 2. The van der Waals surface area contributed by atoms with Crippen LogP contribution in [0.15, 0.2) is 30.0 Å². The quantitative estimate of drug-likeness (QED) is 0.642. The summed E-state index contributed by atoms with van der Waals surface area (Å²) in [5.41, 5.74) is -0.407. The smallest absolute Gasteiger partial charge is 0.410 e. The van der Waals surface area contributed by atoms with Crippen LogP contribution >= 0.6 is 0 Å². The number of piperidine rings is 1. The first kappa shape index (κ1) is 23.5. The number of nitrogens with zero attached hydrogens (tertiary/aromatic N) is 2. The van der Waals surface area contributed by atoms with Crippen LogP contribution in [0.1, 0.15) is 33.6 Å². The molecule has 0 spiro atoms. The number of halogens is 1. The second-order valence-electron chi connectivity index (χ2n) is 8.60. The summed E-state index contributed by atoms with van der Waals surface area (Å²) in [6.07, 6.45) is 1.33. The molecule has 2 aliphatic heterocycles. The molecule has 0 aliphatic carbocycles. The summed E-state index contributed by atoms with van der Waals surface area (Å²) in [5, 5.41) is 11.8. The standard InChI is InChI=1S/C22H28FN3O6/c1-22(2,3)32-21(30)25-9-7-14(8-10-25)31-19-15(23)5-4-6-16(19)24-17-13-18(28)26(11-12-27)20(17)29/h4-6,13-14,24,27H,7-12H2,1-3H3. The Morgan fingerprint density at radius 3 is 2.56 bits per heavy atom. The molecule has 1 aromatic carbocycles. The van der Waals surface area contributed by atoms with Crippen molar-refractivity contribution in [3.05, 3.63) is 35.8 Å². The van der Waals surface area contributed by atoms with Gasteiger partial charge in [0.1, 0.15) is 17.4 Å². The van der Waals surface area contributed by atoms with Crippen molar-refractivity contribution < 1.29 is 33.4 Å². The highest BCUT2D eigenvalue weighted by Gasteiger charge is 2.32. The molecule has 2 aliphatic rings. The number of β-amino-alcohol motifs (C(OH)–C–C–N with tert-alkyl or cyclic N) is 1. The largest absolute Gasteiger partial charge is 0.485 e. The number of hydrogen-bond donors (Lipinski definition) is 2. The third kappa shape index (κ3) is 5.56. The molecule has 0 saturated carbocycles. The first-order valence-corrected chi connectivity index (χ1v) is 10.5. The number of carbonyl (C=O) groups is 3. The number of rotatable bonds is 6. The zero-order valence-corrected chi connectivity index (χ0v) is 18.4. The second-order valence-corrected chi connectivity index (χ2v) is 8.60. The van der Waals surface area contributed by atoms with Crippen molar-refractivity contribution >= 4 is 23.6 Å². The molecular formula is C22H28FN3O6. The van der Waals surface area contributed by atoms with Gasteiger partial charge in [0, 0.05) is 32.0 Å². The Balaban J connectivity index is 1.65. The number of imide groups is 1. The van der Waals surface area contributed by atoms with Gasteiger partial charge in [-0.2, -0.15) is 0 Å². The van der Waals surface area contributed by atoms with E-state index in [9.17, 15) is 18.8 Å². The van der Waals surface area contributed by atoms with Gasteiger partial charge in [-0.15, -0.1) is 0 Å². The second kappa shape index (κ2) is 9.56. The van der Waals surface area contributed by atoms with Crippen LogP contribution in [0, 0.1) is 5.82 Å². The number of nitrogens with one attached hydrogen (secondary N) is 1. The number of hydrogen-bond acceptors (Lipinski definition) is 7. The molecule has 10 heteroatoms. The summed E-state index contributed by atoms with van der Waals surface area (Å²) in [6, 6.07) is 4.24. The lowest BCUT2D eigenvalue weighted by atomic mass is 10.1. The van der Waals surface area contributed by atoms with Gasteiger partial charge in [0.15, 0.2) is 11.6 Å². The Morgan fingerprint density at radius 1 is 1.25 bits per heavy atom. The van der Waals surface area contributed by atoms with Crippen LogP contribution < -0.4 is 10.1 Å². The van der Waals surface area contributed by atoms with Crippen molar-refractivity contribution in [1.29, 1.82) is 0 Å². The van der Waals surface area contributed by atoms with Crippen LogP contribution in [0.25, 0.3) is 0 Å². The van der Waals surface area contributed by atoms with Gasteiger partial charge in [-0.05, 0) is 32.9 Å². The number of para-hydroxylation sites is 1. The van der Waals surface area contributed by atoms with E-state index in [1.165, 1.54) is 12.1 Å². The molecular weight excluding hydrogens is 421 g/mol. The van der Waals surface area contributed by atoms with Crippen molar-refractivity contribution in [2.75, 3.05) is 31.6 Å². The molecule has 174 valence electrons. The highest BCUT2D eigenvalue weighted by Crippen LogP contribution is 2.32. The van der Waals surface area contributed by atoms with Gasteiger partial charge in [-0.1, -0.05) is 6.07 Å². The number of aliphatic hydroxyl groups is 1. The van der Waals surface area contributed by atoms with E-state index in [0.717, 1.165) is 11.0 Å². The molecule has 0 radical (unpaired) electrons. The minimum Gasteiger partial charge on any atom is -0.485 e. The van der Waals surface area contributed by atoms with E-state index >= 15 is 0 Å². The summed E-state index contributed by atoms with van der Waals surface area (Å²) in [4.78, 5) is 39.0. The molecule has 0 unspecified atom stereocenters. The Kier molecular flexibility index (Phi) is 7.02. The van der Waals surface area contributed by atoms with E-state index < -0.39 is 29.3 Å². The Hall–Kier alpha value is -3.14. The first-order valence-electron chi connectivity index (χ1n) is 10.5. The number of likely N-dealkylation sites (tertiary alicyclic amines) is 1. The Bertz CT molecular complexity index is 919. The van der Waals surface area contributed by atoms with Gasteiger partial charge in [-0.3, -0.25) is 14.5 Å². The summed E-state index contributed by atoms with van der Waals surface area (Å²) < 4.78 is 25.9. The molecule has 0 aromatic heterocycles. The number of carbonyl (C=O) groups excluding carboxylic acids is 3. The van der Waals surface area contributed by atoms with E-state index in [-0.39, 0.29) is 36.4 Å². The zero-order valence-electron chi connectivity index (χ0n) is 18.4. The normalized spacial score (nSPS) is 17.5. The molecule has 2 N–H and O–H groups in total. The number of anilines is 1. The third-order valence-electron chi connectivity index (χ3n) is 4.95. The van der Waals surface area contributed by atoms with Crippen LogP contribution in [0.3, 0.4) is 0 Å². The molecule has 9 nitrogen and oxygen atoms in total. The molecule has 3 rings (SSSR count). The molecule has 0 atom stereocenters. The SMILES string of the molecule is CC(C)(C)OC(=O)N1CCC(Oc2c(F)cccc2NC2=CC(=O)N(CCO)C2=O)CC1. The lowest BCUT2D eigenvalue weighted by Crippen LogP contribution is -2.44. The van der Waals surface area contributed by atoms with Crippen molar-refractivity contribution in [2.45, 2.75) is 45.3 Å². The predicted molar refractivity (Wildman–Crippen MR) is 113 cm³/mol. The van der Waals surface area contributed by atoms with Gasteiger partial charge < -0.3 is 24.8 Å². The highest BCUT2D eigenvalue weighted by molar-refractivity contribution is 6.17. The molecule has 1 aromatic rings. The summed E-state index contributed by atoms with van der Waals surface area (Å²) in [6.45, 7) is 5.74. The van der Waals surface area contributed by atoms with E-state index in [1.54, 1.807) is 31.7 Å². The van der Waals surface area contributed by atoms with E-state index in [1.807, 2.05) is 0 Å². The minimum absolute atomic E-state index is 0.0290. The zero-order chi connectivity index (χ0) is 23.5. The molecule has 0 bridgehead atoms. The van der Waals surface area contributed by atoms with Gasteiger partial charge in [0.05, 0.1) is 18.8 Å². The fourth-order valence-corrected chi connectivity index (χ4v) is 3.43. The van der Waals surface area contributed by atoms with E-state index in [4.69, 9.17) is 14.6 Å². The molecule has 1 saturated heterocycles. The van der Waals surface area contributed by atoms with Gasteiger partial charge in [-0.25, -0.2) is 9.18 Å². The highest BCUT2D eigenvalue weighted by atomic mass is 19.1. The van der Waals surface area contributed by atoms with Crippen molar-refractivity contribution in [2.24, 2.45) is 0 Å². The summed E-state index contributed by atoms with van der Waals surface area (Å²) in [7, 11) is 0. The number of aliphatic hydroxyl groups excluding tert-OH is 1. The fraction of sp³-hybridized carbons (Fsp3) is 0.500. The average molecular weight is 449 g/mol. The van der Waals surface area contributed by atoms with Crippen LogP contribution in [-0.2, 0) is 14.3 Å². The maximum atomic E-state index is 14.6. The van der Waals surface area contributed by atoms with Crippen LogP contribution in [0.4, 0.5) is 14.9 Å². The van der Waals surface area contributed by atoms with Gasteiger partial charge in [0.2, 0.25) is 0 Å². The maximum Gasteiger partial charge on any atom is 0.410 e. The predicted octanol–water partition coefficient (Wildman–Crippen LogP) is 2.26. The van der Waals surface area contributed by atoms with Crippen molar-refractivity contribution in [1.82, 2.24) is 9.80 Å². The van der Waals surface area contributed by atoms with Crippen molar-refractivity contribution in [3.63, 3.8) is 0 Å². The minimum atomic E-state index is -0.617. The molecule has 1 fully saturated rings.